The van der Waals surface area contributed by atoms with Crippen molar-refractivity contribution in [2.24, 2.45) is 0 Å². The SMILES string of the molecule is CCCNc1cc(C2CC2)nc(CSC(C)(C)C)n1. The average Bonchev–Trinajstić information content (AvgIpc) is 3.17. The zero-order chi connectivity index (χ0) is 13.9. The van der Waals surface area contributed by atoms with Gasteiger partial charge in [0, 0.05) is 29.0 Å². The highest BCUT2D eigenvalue weighted by Gasteiger charge is 2.26. The predicted molar refractivity (Wildman–Crippen MR) is 83.8 cm³/mol. The average molecular weight is 279 g/mol. The molecular weight excluding hydrogens is 254 g/mol. The first-order valence-corrected chi connectivity index (χ1v) is 8.22. The van der Waals surface area contributed by atoms with Crippen LogP contribution < -0.4 is 5.32 Å². The summed E-state index contributed by atoms with van der Waals surface area (Å²) in [7, 11) is 0. The van der Waals surface area contributed by atoms with Crippen molar-refractivity contribution < 1.29 is 0 Å². The molecule has 0 aliphatic heterocycles. The number of hydrogen-bond donors (Lipinski definition) is 1. The van der Waals surface area contributed by atoms with Crippen molar-refractivity contribution in [1.82, 2.24) is 9.97 Å². The van der Waals surface area contributed by atoms with E-state index < -0.39 is 0 Å². The van der Waals surface area contributed by atoms with E-state index in [-0.39, 0.29) is 4.75 Å². The highest BCUT2D eigenvalue weighted by atomic mass is 32.2. The van der Waals surface area contributed by atoms with Crippen LogP contribution in [0.15, 0.2) is 6.07 Å². The summed E-state index contributed by atoms with van der Waals surface area (Å²) in [5, 5.41) is 3.39. The number of thioether (sulfide) groups is 1. The lowest BCUT2D eigenvalue weighted by atomic mass is 10.2. The molecule has 19 heavy (non-hydrogen) atoms. The molecule has 106 valence electrons. The Labute approximate surface area is 121 Å². The van der Waals surface area contributed by atoms with Crippen molar-refractivity contribution in [2.45, 2.75) is 63.4 Å². The lowest BCUT2D eigenvalue weighted by molar-refractivity contribution is 0.799. The topological polar surface area (TPSA) is 37.8 Å². The Morgan fingerprint density at radius 3 is 2.63 bits per heavy atom. The van der Waals surface area contributed by atoms with Crippen molar-refractivity contribution in [2.75, 3.05) is 11.9 Å². The molecule has 0 saturated heterocycles. The molecule has 0 unspecified atom stereocenters. The van der Waals surface area contributed by atoms with E-state index in [0.29, 0.717) is 5.92 Å². The van der Waals surface area contributed by atoms with Gasteiger partial charge in [0.1, 0.15) is 11.6 Å². The third-order valence-electron chi connectivity index (χ3n) is 2.98. The van der Waals surface area contributed by atoms with Gasteiger partial charge in [-0.2, -0.15) is 0 Å². The van der Waals surface area contributed by atoms with Gasteiger partial charge in [-0.05, 0) is 19.3 Å². The number of rotatable bonds is 6. The molecule has 1 heterocycles. The van der Waals surface area contributed by atoms with Crippen LogP contribution in [0.4, 0.5) is 5.82 Å². The van der Waals surface area contributed by atoms with Crippen molar-refractivity contribution in [3.63, 3.8) is 0 Å². The van der Waals surface area contributed by atoms with E-state index in [1.807, 2.05) is 11.8 Å². The van der Waals surface area contributed by atoms with Gasteiger partial charge in [0.05, 0.1) is 5.75 Å². The third kappa shape index (κ3) is 5.01. The van der Waals surface area contributed by atoms with Crippen LogP contribution >= 0.6 is 11.8 Å². The zero-order valence-electron chi connectivity index (χ0n) is 12.5. The lowest BCUT2D eigenvalue weighted by Gasteiger charge is -2.17. The number of hydrogen-bond acceptors (Lipinski definition) is 4. The van der Waals surface area contributed by atoms with E-state index in [0.717, 1.165) is 30.4 Å². The van der Waals surface area contributed by atoms with Gasteiger partial charge >= 0.3 is 0 Å². The Morgan fingerprint density at radius 2 is 2.05 bits per heavy atom. The van der Waals surface area contributed by atoms with E-state index in [1.54, 1.807) is 0 Å². The van der Waals surface area contributed by atoms with Crippen LogP contribution in [0, 0.1) is 0 Å². The van der Waals surface area contributed by atoms with Crippen LogP contribution in [-0.4, -0.2) is 21.3 Å². The maximum absolute atomic E-state index is 4.73. The molecule has 1 saturated carbocycles. The Hall–Kier alpha value is -0.770. The standard InChI is InChI=1S/C15H25N3S/c1-5-8-16-13-9-12(11-6-7-11)17-14(18-13)10-19-15(2,3)4/h9,11H,5-8,10H2,1-4H3,(H,16,17,18). The van der Waals surface area contributed by atoms with Crippen LogP contribution in [-0.2, 0) is 5.75 Å². The van der Waals surface area contributed by atoms with Gasteiger partial charge in [0.25, 0.3) is 0 Å². The second-order valence-electron chi connectivity index (χ2n) is 6.20. The first-order chi connectivity index (χ1) is 8.98. The lowest BCUT2D eigenvalue weighted by Crippen LogP contribution is -2.10. The van der Waals surface area contributed by atoms with E-state index in [2.05, 4.69) is 44.1 Å². The monoisotopic (exact) mass is 279 g/mol. The molecule has 4 heteroatoms. The summed E-state index contributed by atoms with van der Waals surface area (Å²) in [4.78, 5) is 9.38. The second kappa shape index (κ2) is 6.12. The van der Waals surface area contributed by atoms with Gasteiger partial charge < -0.3 is 5.32 Å². The van der Waals surface area contributed by atoms with Crippen LogP contribution in [0.2, 0.25) is 0 Å². The third-order valence-corrected chi connectivity index (χ3v) is 4.25. The Kier molecular flexibility index (Phi) is 4.71. The van der Waals surface area contributed by atoms with E-state index in [4.69, 9.17) is 4.98 Å². The number of nitrogens with one attached hydrogen (secondary N) is 1. The summed E-state index contributed by atoms with van der Waals surface area (Å²) in [6.07, 6.45) is 3.70. The van der Waals surface area contributed by atoms with E-state index in [9.17, 15) is 0 Å². The molecule has 0 spiro atoms. The summed E-state index contributed by atoms with van der Waals surface area (Å²) in [5.74, 6) is 3.56. The largest absolute Gasteiger partial charge is 0.370 e. The van der Waals surface area contributed by atoms with Crippen LogP contribution in [0.3, 0.4) is 0 Å². The Balaban J connectivity index is 2.09. The smallest absolute Gasteiger partial charge is 0.140 e. The summed E-state index contributed by atoms with van der Waals surface area (Å²) in [6, 6.07) is 2.14. The molecule has 1 N–H and O–H groups in total. The molecule has 1 aromatic heterocycles. The highest BCUT2D eigenvalue weighted by Crippen LogP contribution is 2.39. The molecule has 3 nitrogen and oxygen atoms in total. The number of nitrogens with zero attached hydrogens (tertiary/aromatic N) is 2. The van der Waals surface area contributed by atoms with Gasteiger partial charge in [-0.25, -0.2) is 9.97 Å². The fraction of sp³-hybridized carbons (Fsp3) is 0.733. The van der Waals surface area contributed by atoms with E-state index in [1.165, 1.54) is 18.5 Å². The molecule has 0 aromatic carbocycles. The molecule has 1 aliphatic carbocycles. The van der Waals surface area contributed by atoms with Gasteiger partial charge in [-0.15, -0.1) is 11.8 Å². The molecule has 0 radical (unpaired) electrons. The molecule has 0 amide bonds. The summed E-state index contributed by atoms with van der Waals surface area (Å²) in [6.45, 7) is 9.86. The van der Waals surface area contributed by atoms with E-state index >= 15 is 0 Å². The van der Waals surface area contributed by atoms with Crippen LogP contribution in [0.5, 0.6) is 0 Å². The van der Waals surface area contributed by atoms with Crippen LogP contribution in [0.25, 0.3) is 0 Å². The minimum Gasteiger partial charge on any atom is -0.370 e. The minimum absolute atomic E-state index is 0.260. The van der Waals surface area contributed by atoms with Crippen molar-refractivity contribution in [1.29, 1.82) is 0 Å². The van der Waals surface area contributed by atoms with Crippen molar-refractivity contribution in [3.05, 3.63) is 17.6 Å². The second-order valence-corrected chi connectivity index (χ2v) is 8.00. The van der Waals surface area contributed by atoms with Gasteiger partial charge in [-0.3, -0.25) is 0 Å². The molecule has 1 aliphatic rings. The molecule has 1 aromatic rings. The molecule has 0 atom stereocenters. The zero-order valence-corrected chi connectivity index (χ0v) is 13.3. The normalized spacial score (nSPS) is 15.6. The summed E-state index contributed by atoms with van der Waals surface area (Å²) in [5.41, 5.74) is 1.23. The summed E-state index contributed by atoms with van der Waals surface area (Å²) < 4.78 is 0.260. The molecule has 1 fully saturated rings. The fourth-order valence-corrected chi connectivity index (χ4v) is 2.49. The molecular formula is C15H25N3S. The predicted octanol–water partition coefficient (Wildman–Crippen LogP) is 4.21. The maximum Gasteiger partial charge on any atom is 0.140 e. The van der Waals surface area contributed by atoms with Gasteiger partial charge in [-0.1, -0.05) is 27.7 Å². The number of anilines is 1. The van der Waals surface area contributed by atoms with Crippen LogP contribution in [0.1, 0.15) is 64.4 Å². The maximum atomic E-state index is 4.73. The Morgan fingerprint density at radius 1 is 1.32 bits per heavy atom. The fourth-order valence-electron chi connectivity index (χ4n) is 1.80. The van der Waals surface area contributed by atoms with Gasteiger partial charge in [0.2, 0.25) is 0 Å². The van der Waals surface area contributed by atoms with Gasteiger partial charge in [0.15, 0.2) is 0 Å². The minimum atomic E-state index is 0.260. The quantitative estimate of drug-likeness (QED) is 0.846. The Bertz CT molecular complexity index is 422. The highest BCUT2D eigenvalue weighted by molar-refractivity contribution is 7.99. The molecule has 0 bridgehead atoms. The summed E-state index contributed by atoms with van der Waals surface area (Å²) >= 11 is 1.91. The first-order valence-electron chi connectivity index (χ1n) is 7.23. The van der Waals surface area contributed by atoms with Crippen molar-refractivity contribution in [3.8, 4) is 0 Å². The number of aromatic nitrogens is 2. The van der Waals surface area contributed by atoms with Crippen molar-refractivity contribution >= 4 is 17.6 Å². The molecule has 2 rings (SSSR count). The first kappa shape index (κ1) is 14.6.